The molecule has 1 aliphatic rings. The highest BCUT2D eigenvalue weighted by molar-refractivity contribution is 7.47. The Hall–Kier alpha value is -2.71. The first kappa shape index (κ1) is 48.3. The highest BCUT2D eigenvalue weighted by atomic mass is 31.2. The van der Waals surface area contributed by atoms with Crippen molar-refractivity contribution in [2.45, 2.75) is 146 Å². The second-order valence-corrected chi connectivity index (χ2v) is 14.1. The van der Waals surface area contributed by atoms with Crippen molar-refractivity contribution in [1.82, 2.24) is 0 Å². The summed E-state index contributed by atoms with van der Waals surface area (Å²) >= 11 is 0. The SMILES string of the molecule is CC/C=C/C=C/C=C/CCCCCCCC(=O)OC(COC(=O)CCC/C=C/C/C=C/C/C=C/CC)COP(=O)(O)OC1C(O)C(O)C(O)[C@@H](O)C1O. The molecule has 0 saturated heterocycles. The molecule has 8 atom stereocenters. The molecule has 0 radical (unpaired) electrons. The zero-order valence-corrected chi connectivity index (χ0v) is 32.2. The van der Waals surface area contributed by atoms with Crippen LogP contribution in [0.1, 0.15) is 104 Å². The van der Waals surface area contributed by atoms with Gasteiger partial charge in [0.15, 0.2) is 6.10 Å². The van der Waals surface area contributed by atoms with Crippen LogP contribution in [-0.4, -0.2) is 98.3 Å². The summed E-state index contributed by atoms with van der Waals surface area (Å²) in [6, 6.07) is 0. The number of carbonyl (C=O) groups excluding carboxylic acids is 2. The van der Waals surface area contributed by atoms with Gasteiger partial charge in [-0.3, -0.25) is 18.6 Å². The maximum Gasteiger partial charge on any atom is 0.472 e. The lowest BCUT2D eigenvalue weighted by Gasteiger charge is -2.41. The second kappa shape index (κ2) is 29.6. The topological polar surface area (TPSA) is 210 Å². The molecule has 53 heavy (non-hydrogen) atoms. The summed E-state index contributed by atoms with van der Waals surface area (Å²) in [5.41, 5.74) is 0. The van der Waals surface area contributed by atoms with Crippen LogP contribution in [0.15, 0.2) is 72.9 Å². The van der Waals surface area contributed by atoms with Crippen molar-refractivity contribution in [3.8, 4) is 0 Å². The van der Waals surface area contributed by atoms with E-state index in [1.807, 2.05) is 36.5 Å². The average Bonchev–Trinajstić information content (AvgIpc) is 3.13. The molecule has 0 amide bonds. The molecule has 0 spiro atoms. The van der Waals surface area contributed by atoms with Crippen LogP contribution in [0.5, 0.6) is 0 Å². The fourth-order valence-electron chi connectivity index (χ4n) is 5.07. The number of rotatable bonds is 28. The van der Waals surface area contributed by atoms with Gasteiger partial charge >= 0.3 is 19.8 Å². The van der Waals surface area contributed by atoms with Crippen molar-refractivity contribution in [1.29, 1.82) is 0 Å². The Bertz CT molecular complexity index is 1210. The lowest BCUT2D eigenvalue weighted by atomic mass is 9.85. The third-order valence-corrected chi connectivity index (χ3v) is 9.09. The third kappa shape index (κ3) is 23.0. The van der Waals surface area contributed by atoms with E-state index in [0.717, 1.165) is 57.8 Å². The molecule has 0 aromatic carbocycles. The van der Waals surface area contributed by atoms with Gasteiger partial charge < -0.3 is 39.9 Å². The standard InChI is InChI=1S/C39H63O13P/c1-3-5-7-9-11-13-15-16-18-20-22-24-26-28-33(41)51-31(29-49-32(40)27-25-23-21-19-17-14-12-10-8-6-4-2)30-50-53(47,48)52-39-37(45)35(43)34(42)36(44)38(39)46/h5-9,11-15,19,21,31,34-39,42-46H,3-4,10,16-18,20,22-30H2,1-2H3,(H,47,48)/b7-5+,8-6+,11-9+,14-12+,15-13+,21-19+/t31?,34?,35-,36?,37?,38?,39?/m1/s1. The van der Waals surface area contributed by atoms with E-state index in [9.17, 15) is 44.6 Å². The van der Waals surface area contributed by atoms with Crippen molar-refractivity contribution < 1.29 is 63.1 Å². The molecule has 1 saturated carbocycles. The summed E-state index contributed by atoms with van der Waals surface area (Å²) in [5, 5.41) is 49.9. The van der Waals surface area contributed by atoms with Gasteiger partial charge in [0.05, 0.1) is 6.61 Å². The number of aliphatic hydroxyl groups excluding tert-OH is 5. The minimum Gasteiger partial charge on any atom is -0.462 e. The molecule has 1 rings (SSSR count). The van der Waals surface area contributed by atoms with Crippen molar-refractivity contribution in [3.63, 3.8) is 0 Å². The highest BCUT2D eigenvalue weighted by Gasteiger charge is 2.51. The van der Waals surface area contributed by atoms with Crippen molar-refractivity contribution in [3.05, 3.63) is 72.9 Å². The number of phosphoric acid groups is 1. The minimum atomic E-state index is -5.13. The zero-order valence-electron chi connectivity index (χ0n) is 31.3. The van der Waals surface area contributed by atoms with E-state index >= 15 is 0 Å². The Kier molecular flexibility index (Phi) is 27.0. The number of esters is 2. The maximum atomic E-state index is 12.7. The summed E-state index contributed by atoms with van der Waals surface area (Å²) in [6.07, 6.45) is 21.4. The van der Waals surface area contributed by atoms with E-state index in [2.05, 4.69) is 50.3 Å². The number of allylic oxidation sites excluding steroid dienone is 12. The van der Waals surface area contributed by atoms with Crippen LogP contribution in [0, 0.1) is 0 Å². The minimum absolute atomic E-state index is 0.0588. The number of phosphoric ester groups is 1. The van der Waals surface area contributed by atoms with Gasteiger partial charge in [0.2, 0.25) is 0 Å². The Labute approximate surface area is 315 Å². The van der Waals surface area contributed by atoms with Gasteiger partial charge in [0, 0.05) is 12.8 Å². The Morgan fingerprint density at radius 1 is 0.604 bits per heavy atom. The fraction of sp³-hybridized carbons (Fsp3) is 0.641. The summed E-state index contributed by atoms with van der Waals surface area (Å²) in [5.74, 6) is -1.20. The molecular weight excluding hydrogens is 707 g/mol. The molecule has 302 valence electrons. The molecule has 6 N–H and O–H groups in total. The lowest BCUT2D eigenvalue weighted by Crippen LogP contribution is -2.64. The van der Waals surface area contributed by atoms with Gasteiger partial charge in [0.25, 0.3) is 0 Å². The molecule has 0 aromatic heterocycles. The van der Waals surface area contributed by atoms with Crippen molar-refractivity contribution in [2.75, 3.05) is 13.2 Å². The molecular formula is C39H63O13P. The molecule has 13 nitrogen and oxygen atoms in total. The molecule has 0 bridgehead atoms. The predicted molar refractivity (Wildman–Crippen MR) is 202 cm³/mol. The van der Waals surface area contributed by atoms with E-state index in [1.54, 1.807) is 0 Å². The van der Waals surface area contributed by atoms with E-state index in [4.69, 9.17) is 18.5 Å². The molecule has 0 aliphatic heterocycles. The van der Waals surface area contributed by atoms with Crippen LogP contribution in [-0.2, 0) is 32.7 Å². The summed E-state index contributed by atoms with van der Waals surface area (Å²) in [6.45, 7) is 2.92. The number of ether oxygens (including phenoxy) is 2. The number of unbranched alkanes of at least 4 members (excludes halogenated alkanes) is 6. The van der Waals surface area contributed by atoms with E-state index in [0.29, 0.717) is 19.3 Å². The van der Waals surface area contributed by atoms with Crippen LogP contribution in [0.25, 0.3) is 0 Å². The third-order valence-electron chi connectivity index (χ3n) is 8.10. The first-order chi connectivity index (χ1) is 25.4. The van der Waals surface area contributed by atoms with Crippen molar-refractivity contribution in [2.24, 2.45) is 0 Å². The monoisotopic (exact) mass is 770 g/mol. The molecule has 1 aliphatic carbocycles. The van der Waals surface area contributed by atoms with Gasteiger partial charge in [-0.15, -0.1) is 0 Å². The number of hydrogen-bond donors (Lipinski definition) is 6. The number of hydrogen-bond acceptors (Lipinski definition) is 12. The van der Waals surface area contributed by atoms with Gasteiger partial charge in [-0.1, -0.05) is 106 Å². The molecule has 0 aromatic rings. The van der Waals surface area contributed by atoms with Crippen LogP contribution >= 0.6 is 7.82 Å². The molecule has 1 fully saturated rings. The van der Waals surface area contributed by atoms with Gasteiger partial charge in [-0.25, -0.2) is 4.57 Å². The molecule has 14 heteroatoms. The zero-order chi connectivity index (χ0) is 39.3. The molecule has 0 heterocycles. The van der Waals surface area contributed by atoms with Crippen LogP contribution in [0.2, 0.25) is 0 Å². The van der Waals surface area contributed by atoms with Crippen molar-refractivity contribution >= 4 is 19.8 Å². The summed E-state index contributed by atoms with van der Waals surface area (Å²) < 4.78 is 33.2. The molecule has 7 unspecified atom stereocenters. The van der Waals surface area contributed by atoms with E-state index < -0.39 is 75.7 Å². The predicted octanol–water partition coefficient (Wildman–Crippen LogP) is 5.60. The van der Waals surface area contributed by atoms with Gasteiger partial charge in [-0.05, 0) is 57.8 Å². The summed E-state index contributed by atoms with van der Waals surface area (Å²) in [7, 11) is -5.13. The lowest BCUT2D eigenvalue weighted by molar-refractivity contribution is -0.220. The fourth-order valence-corrected chi connectivity index (χ4v) is 6.05. The van der Waals surface area contributed by atoms with E-state index in [-0.39, 0.29) is 12.8 Å². The van der Waals surface area contributed by atoms with Gasteiger partial charge in [-0.2, -0.15) is 0 Å². The quantitative estimate of drug-likeness (QED) is 0.0188. The van der Waals surface area contributed by atoms with Crippen LogP contribution in [0.3, 0.4) is 0 Å². The number of aliphatic hydroxyl groups is 5. The Morgan fingerprint density at radius 3 is 1.79 bits per heavy atom. The number of carbonyl (C=O) groups is 2. The average molecular weight is 771 g/mol. The second-order valence-electron chi connectivity index (χ2n) is 12.7. The largest absolute Gasteiger partial charge is 0.472 e. The maximum absolute atomic E-state index is 12.7. The first-order valence-corrected chi connectivity index (χ1v) is 20.3. The van der Waals surface area contributed by atoms with E-state index in [1.165, 1.54) is 0 Å². The van der Waals surface area contributed by atoms with Crippen LogP contribution in [0.4, 0.5) is 0 Å². The van der Waals surface area contributed by atoms with Crippen LogP contribution < -0.4 is 0 Å². The Balaban J connectivity index is 2.61. The smallest absolute Gasteiger partial charge is 0.462 e. The normalized spacial score (nSPS) is 24.3. The first-order valence-electron chi connectivity index (χ1n) is 18.8. The Morgan fingerprint density at radius 2 is 1.13 bits per heavy atom. The summed E-state index contributed by atoms with van der Waals surface area (Å²) in [4.78, 5) is 35.4. The van der Waals surface area contributed by atoms with Gasteiger partial charge in [0.1, 0.15) is 43.2 Å². The highest BCUT2D eigenvalue weighted by Crippen LogP contribution is 2.47.